The third-order valence-electron chi connectivity index (χ3n) is 1.38. The molecule has 1 aromatic rings. The van der Waals surface area contributed by atoms with E-state index in [4.69, 9.17) is 4.74 Å². The monoisotopic (exact) mass is 135 g/mol. The molecule has 0 fully saturated rings. The van der Waals surface area contributed by atoms with Gasteiger partial charge in [0.05, 0.1) is 11.9 Å². The van der Waals surface area contributed by atoms with E-state index < -0.39 is 0 Å². The van der Waals surface area contributed by atoms with Gasteiger partial charge in [-0.3, -0.25) is 0 Å². The first-order valence-corrected chi connectivity index (χ1v) is 3.20. The Kier molecular flexibility index (Phi) is 1.20. The lowest BCUT2D eigenvalue weighted by Crippen LogP contribution is -2.18. The summed E-state index contributed by atoms with van der Waals surface area (Å²) in [4.78, 5) is 3.91. The predicted molar refractivity (Wildman–Crippen MR) is 37.1 cm³/mol. The van der Waals surface area contributed by atoms with Crippen molar-refractivity contribution in [2.75, 3.05) is 18.5 Å². The van der Waals surface area contributed by atoms with Crippen molar-refractivity contribution in [1.29, 1.82) is 0 Å². The molecule has 3 heteroatoms. The maximum absolute atomic E-state index is 5.22. The summed E-state index contributed by atoms with van der Waals surface area (Å²) in [5, 5.41) is 3.16. The molecule has 0 saturated heterocycles. The van der Waals surface area contributed by atoms with Crippen LogP contribution in [0.1, 0.15) is 0 Å². The standard InChI is InChI=1S/C7H7N2O/c1-2-6-7(9-3-1)10-5-4-8-6/h1-2,8H,4-5H2. The number of rotatable bonds is 0. The topological polar surface area (TPSA) is 34.1 Å². The molecule has 0 unspecified atom stereocenters. The number of fused-ring (bicyclic) bond motifs is 1. The molecule has 3 nitrogen and oxygen atoms in total. The minimum atomic E-state index is 0.661. The maximum Gasteiger partial charge on any atom is 0.238 e. The van der Waals surface area contributed by atoms with E-state index >= 15 is 0 Å². The first-order chi connectivity index (χ1) is 4.97. The first-order valence-electron chi connectivity index (χ1n) is 3.20. The van der Waals surface area contributed by atoms with Crippen LogP contribution in [0.2, 0.25) is 0 Å². The normalized spacial score (nSPS) is 14.8. The summed E-state index contributed by atoms with van der Waals surface area (Å²) < 4.78 is 5.22. The predicted octanol–water partition coefficient (Wildman–Crippen LogP) is 0.686. The fourth-order valence-corrected chi connectivity index (χ4v) is 0.926. The number of nitrogens with one attached hydrogen (secondary N) is 1. The highest BCUT2D eigenvalue weighted by atomic mass is 16.5. The smallest absolute Gasteiger partial charge is 0.238 e. The lowest BCUT2D eigenvalue weighted by atomic mass is 10.4. The molecular weight excluding hydrogens is 128 g/mol. The van der Waals surface area contributed by atoms with Gasteiger partial charge in [-0.1, -0.05) is 0 Å². The van der Waals surface area contributed by atoms with Gasteiger partial charge in [-0.2, -0.15) is 0 Å². The largest absolute Gasteiger partial charge is 0.474 e. The Labute approximate surface area is 59.0 Å². The molecule has 0 spiro atoms. The molecule has 2 heterocycles. The zero-order valence-corrected chi connectivity index (χ0v) is 5.42. The second-order valence-electron chi connectivity index (χ2n) is 2.07. The summed E-state index contributed by atoms with van der Waals surface area (Å²) in [6.45, 7) is 1.55. The Morgan fingerprint density at radius 3 is 3.60 bits per heavy atom. The zero-order chi connectivity index (χ0) is 6.81. The fraction of sp³-hybridized carbons (Fsp3) is 0.286. The van der Waals surface area contributed by atoms with Gasteiger partial charge in [0.2, 0.25) is 5.88 Å². The van der Waals surface area contributed by atoms with Gasteiger partial charge >= 0.3 is 0 Å². The second-order valence-corrected chi connectivity index (χ2v) is 2.07. The van der Waals surface area contributed by atoms with E-state index in [-0.39, 0.29) is 0 Å². The molecule has 10 heavy (non-hydrogen) atoms. The van der Waals surface area contributed by atoms with Crippen LogP contribution in [-0.4, -0.2) is 18.1 Å². The average Bonchev–Trinajstić information content (AvgIpc) is 2.05. The summed E-state index contributed by atoms with van der Waals surface area (Å²) in [5.74, 6) is 0.661. The summed E-state index contributed by atoms with van der Waals surface area (Å²) >= 11 is 0. The van der Waals surface area contributed by atoms with Crippen molar-refractivity contribution in [3.8, 4) is 5.88 Å². The number of pyridine rings is 1. The molecule has 1 aliphatic heterocycles. The SMILES string of the molecule is [c]1ccc2c(n1)OCCN2. The van der Waals surface area contributed by atoms with Crippen LogP contribution in [0.3, 0.4) is 0 Å². The maximum atomic E-state index is 5.22. The van der Waals surface area contributed by atoms with Crippen LogP contribution in [0.5, 0.6) is 5.88 Å². The van der Waals surface area contributed by atoms with Gasteiger partial charge in [0.25, 0.3) is 0 Å². The van der Waals surface area contributed by atoms with Crippen LogP contribution in [0.25, 0.3) is 0 Å². The highest BCUT2D eigenvalue weighted by Crippen LogP contribution is 2.21. The third-order valence-corrected chi connectivity index (χ3v) is 1.38. The lowest BCUT2D eigenvalue weighted by molar-refractivity contribution is 0.310. The summed E-state index contributed by atoms with van der Waals surface area (Å²) in [7, 11) is 0. The summed E-state index contributed by atoms with van der Waals surface area (Å²) in [5.41, 5.74) is 0.963. The van der Waals surface area contributed by atoms with Crippen LogP contribution in [0, 0.1) is 6.20 Å². The van der Waals surface area contributed by atoms with Crippen molar-refractivity contribution in [3.05, 3.63) is 18.3 Å². The van der Waals surface area contributed by atoms with Gasteiger partial charge in [0, 0.05) is 6.54 Å². The average molecular weight is 135 g/mol. The van der Waals surface area contributed by atoms with Crippen molar-refractivity contribution in [3.63, 3.8) is 0 Å². The van der Waals surface area contributed by atoms with Crippen LogP contribution < -0.4 is 10.1 Å². The van der Waals surface area contributed by atoms with Gasteiger partial charge in [-0.15, -0.1) is 0 Å². The number of hydrogen-bond donors (Lipinski definition) is 1. The van der Waals surface area contributed by atoms with Gasteiger partial charge in [-0.25, -0.2) is 4.98 Å². The molecular formula is C7H7N2O. The first kappa shape index (κ1) is 5.53. The van der Waals surface area contributed by atoms with Crippen LogP contribution >= 0.6 is 0 Å². The van der Waals surface area contributed by atoms with Crippen LogP contribution in [-0.2, 0) is 0 Å². The molecule has 51 valence electrons. The van der Waals surface area contributed by atoms with Crippen molar-refractivity contribution in [1.82, 2.24) is 4.98 Å². The Morgan fingerprint density at radius 1 is 1.70 bits per heavy atom. The summed E-state index contributed by atoms with van der Waals surface area (Å²) in [6.07, 6.45) is 2.71. The number of hydrogen-bond acceptors (Lipinski definition) is 3. The highest BCUT2D eigenvalue weighted by molar-refractivity contribution is 5.52. The summed E-state index contributed by atoms with van der Waals surface area (Å²) in [6, 6.07) is 3.67. The van der Waals surface area contributed by atoms with E-state index in [1.807, 2.05) is 6.07 Å². The van der Waals surface area contributed by atoms with Gasteiger partial charge in [-0.05, 0) is 12.1 Å². The van der Waals surface area contributed by atoms with Crippen molar-refractivity contribution in [2.45, 2.75) is 0 Å². The minimum Gasteiger partial charge on any atom is -0.474 e. The van der Waals surface area contributed by atoms with Crippen molar-refractivity contribution < 1.29 is 4.74 Å². The minimum absolute atomic E-state index is 0.661. The molecule has 1 N–H and O–H groups in total. The van der Waals surface area contributed by atoms with Gasteiger partial charge < -0.3 is 10.1 Å². The Morgan fingerprint density at radius 2 is 2.70 bits per heavy atom. The molecule has 0 atom stereocenters. The Bertz CT molecular complexity index is 212. The molecule has 1 aromatic heterocycles. The number of anilines is 1. The third kappa shape index (κ3) is 0.795. The molecule has 1 aliphatic rings. The van der Waals surface area contributed by atoms with Crippen LogP contribution in [0.15, 0.2) is 12.1 Å². The molecule has 1 radical (unpaired) electrons. The van der Waals surface area contributed by atoms with Gasteiger partial charge in [0.15, 0.2) is 0 Å². The molecule has 0 aromatic carbocycles. The second kappa shape index (κ2) is 2.17. The lowest BCUT2D eigenvalue weighted by Gasteiger charge is -2.16. The van der Waals surface area contributed by atoms with E-state index in [2.05, 4.69) is 16.5 Å². The highest BCUT2D eigenvalue weighted by Gasteiger charge is 2.07. The van der Waals surface area contributed by atoms with Crippen molar-refractivity contribution >= 4 is 5.69 Å². The Hall–Kier alpha value is -1.25. The van der Waals surface area contributed by atoms with E-state index in [1.165, 1.54) is 0 Å². The number of aromatic nitrogens is 1. The van der Waals surface area contributed by atoms with Crippen molar-refractivity contribution in [2.24, 2.45) is 0 Å². The zero-order valence-electron chi connectivity index (χ0n) is 5.42. The van der Waals surface area contributed by atoms with Gasteiger partial charge in [0.1, 0.15) is 6.61 Å². The Balaban J connectivity index is 2.41. The quantitative estimate of drug-likeness (QED) is 0.568. The van der Waals surface area contributed by atoms with E-state index in [1.54, 1.807) is 6.07 Å². The molecule has 0 amide bonds. The van der Waals surface area contributed by atoms with Crippen LogP contribution in [0.4, 0.5) is 5.69 Å². The van der Waals surface area contributed by atoms with E-state index in [0.717, 1.165) is 12.2 Å². The molecule has 2 rings (SSSR count). The fourth-order valence-electron chi connectivity index (χ4n) is 0.926. The molecule has 0 bridgehead atoms. The molecule has 0 saturated carbocycles. The number of ether oxygens (including phenoxy) is 1. The number of nitrogens with zero attached hydrogens (tertiary/aromatic N) is 1. The van der Waals surface area contributed by atoms with E-state index in [0.29, 0.717) is 12.5 Å². The van der Waals surface area contributed by atoms with E-state index in [9.17, 15) is 0 Å². The molecule has 0 aliphatic carbocycles.